The van der Waals surface area contributed by atoms with Gasteiger partial charge in [-0.05, 0) is 30.2 Å². The monoisotopic (exact) mass is 274 g/mol. The zero-order valence-electron chi connectivity index (χ0n) is 12.0. The quantitative estimate of drug-likeness (QED) is 0.632. The van der Waals surface area contributed by atoms with Crippen molar-refractivity contribution in [3.8, 4) is 0 Å². The van der Waals surface area contributed by atoms with Gasteiger partial charge in [-0.2, -0.15) is 5.10 Å². The highest BCUT2D eigenvalue weighted by Crippen LogP contribution is 2.28. The molecule has 0 spiro atoms. The Labute approximate surface area is 125 Å². The highest BCUT2D eigenvalue weighted by molar-refractivity contribution is 5.83. The van der Waals surface area contributed by atoms with Crippen LogP contribution in [-0.4, -0.2) is 6.21 Å². The molecule has 3 rings (SSSR count). The maximum absolute atomic E-state index is 4.34. The third kappa shape index (κ3) is 3.29. The Morgan fingerprint density at radius 3 is 2.52 bits per heavy atom. The molecule has 1 unspecified atom stereocenters. The molecule has 0 bridgehead atoms. The summed E-state index contributed by atoms with van der Waals surface area (Å²) in [5.41, 5.74) is 7.78. The van der Waals surface area contributed by atoms with Crippen LogP contribution in [0.4, 0.5) is 5.69 Å². The Morgan fingerprint density at radius 2 is 1.76 bits per heavy atom. The highest BCUT2D eigenvalue weighted by Gasteiger charge is 2.12. The maximum atomic E-state index is 4.34. The third-order valence-electron chi connectivity index (χ3n) is 3.54. The Balaban J connectivity index is 1.78. The first-order chi connectivity index (χ1) is 10.3. The molecule has 104 valence electrons. The Hall–Kier alpha value is -2.61. The number of nitrogens with one attached hydrogen (secondary N) is 1. The summed E-state index contributed by atoms with van der Waals surface area (Å²) in [4.78, 5) is 0. The first-order valence-electron chi connectivity index (χ1n) is 7.12. The number of allylic oxidation sites excluding steroid dienone is 4. The molecule has 0 radical (unpaired) electrons. The molecule has 1 aliphatic rings. The summed E-state index contributed by atoms with van der Waals surface area (Å²) >= 11 is 0. The van der Waals surface area contributed by atoms with Gasteiger partial charge >= 0.3 is 0 Å². The normalized spacial score (nSPS) is 17.2. The summed E-state index contributed by atoms with van der Waals surface area (Å²) in [5.74, 6) is 0.351. The van der Waals surface area contributed by atoms with Crippen LogP contribution >= 0.6 is 0 Å². The molecule has 2 aromatic rings. The number of hydrazone groups is 1. The van der Waals surface area contributed by atoms with Gasteiger partial charge in [-0.3, -0.25) is 5.43 Å². The summed E-state index contributed by atoms with van der Waals surface area (Å²) in [7, 11) is 0. The second kappa shape index (κ2) is 6.23. The van der Waals surface area contributed by atoms with Crippen LogP contribution in [0.25, 0.3) is 0 Å². The first-order valence-corrected chi connectivity index (χ1v) is 7.12. The Morgan fingerprint density at radius 1 is 1.00 bits per heavy atom. The van der Waals surface area contributed by atoms with E-state index in [9.17, 15) is 0 Å². The van der Waals surface area contributed by atoms with E-state index < -0.39 is 0 Å². The van der Waals surface area contributed by atoms with E-state index in [4.69, 9.17) is 0 Å². The van der Waals surface area contributed by atoms with Crippen LogP contribution in [0.5, 0.6) is 0 Å². The van der Waals surface area contributed by atoms with Crippen LogP contribution in [0.3, 0.4) is 0 Å². The summed E-state index contributed by atoms with van der Waals surface area (Å²) < 4.78 is 0. The summed E-state index contributed by atoms with van der Waals surface area (Å²) in [5, 5.41) is 4.34. The van der Waals surface area contributed by atoms with E-state index in [1.807, 2.05) is 42.6 Å². The summed E-state index contributed by atoms with van der Waals surface area (Å²) in [6.45, 7) is 2.13. The molecule has 21 heavy (non-hydrogen) atoms. The first kappa shape index (κ1) is 13.4. The van der Waals surface area contributed by atoms with Crippen molar-refractivity contribution < 1.29 is 0 Å². The van der Waals surface area contributed by atoms with Crippen molar-refractivity contribution in [3.05, 3.63) is 89.5 Å². The van der Waals surface area contributed by atoms with E-state index in [2.05, 4.69) is 53.9 Å². The number of hydrogen-bond acceptors (Lipinski definition) is 2. The Kier molecular flexibility index (Phi) is 3.97. The number of nitrogens with zero attached hydrogens (tertiary/aromatic N) is 1. The molecule has 1 atom stereocenters. The SMILES string of the molecule is CC1=CC(c2ccccc2C=NNc2ccccc2)C=C1. The van der Waals surface area contributed by atoms with E-state index >= 15 is 0 Å². The lowest BCUT2D eigenvalue weighted by Crippen LogP contribution is -1.98. The minimum absolute atomic E-state index is 0.351. The van der Waals surface area contributed by atoms with Crippen molar-refractivity contribution in [1.82, 2.24) is 0 Å². The van der Waals surface area contributed by atoms with Crippen molar-refractivity contribution in [2.75, 3.05) is 5.43 Å². The van der Waals surface area contributed by atoms with Gasteiger partial charge in [0.1, 0.15) is 0 Å². The van der Waals surface area contributed by atoms with E-state index in [0.29, 0.717) is 5.92 Å². The number of rotatable bonds is 4. The number of hydrogen-bond donors (Lipinski definition) is 1. The predicted molar refractivity (Wildman–Crippen MR) is 89.7 cm³/mol. The zero-order valence-corrected chi connectivity index (χ0v) is 12.0. The predicted octanol–water partition coefficient (Wildman–Crippen LogP) is 4.73. The van der Waals surface area contributed by atoms with Crippen LogP contribution < -0.4 is 5.43 Å². The minimum atomic E-state index is 0.351. The van der Waals surface area contributed by atoms with Crippen LogP contribution in [-0.2, 0) is 0 Å². The smallest absolute Gasteiger partial charge is 0.0561 e. The standard InChI is InChI=1S/C19H18N2/c1-15-11-12-16(13-15)19-10-6-5-7-17(19)14-20-21-18-8-3-2-4-9-18/h2-14,16,21H,1H3. The van der Waals surface area contributed by atoms with Crippen LogP contribution in [0, 0.1) is 0 Å². The average molecular weight is 274 g/mol. The van der Waals surface area contributed by atoms with Crippen LogP contribution in [0.15, 0.2) is 83.5 Å². The largest absolute Gasteiger partial charge is 0.279 e. The van der Waals surface area contributed by atoms with E-state index in [1.165, 1.54) is 11.1 Å². The molecule has 0 aliphatic heterocycles. The van der Waals surface area contributed by atoms with Gasteiger partial charge in [0.15, 0.2) is 0 Å². The zero-order chi connectivity index (χ0) is 14.5. The molecule has 2 heteroatoms. The van der Waals surface area contributed by atoms with Crippen LogP contribution in [0.2, 0.25) is 0 Å². The van der Waals surface area contributed by atoms with Gasteiger partial charge in [0.2, 0.25) is 0 Å². The molecule has 1 aliphatic carbocycles. The second-order valence-electron chi connectivity index (χ2n) is 5.16. The Bertz CT molecular complexity index is 697. The molecule has 0 heterocycles. The minimum Gasteiger partial charge on any atom is -0.279 e. The van der Waals surface area contributed by atoms with Gasteiger partial charge in [0.25, 0.3) is 0 Å². The van der Waals surface area contributed by atoms with Crippen molar-refractivity contribution in [1.29, 1.82) is 0 Å². The maximum Gasteiger partial charge on any atom is 0.0561 e. The van der Waals surface area contributed by atoms with Gasteiger partial charge < -0.3 is 0 Å². The fraction of sp³-hybridized carbons (Fsp3) is 0.105. The molecule has 0 aromatic heterocycles. The number of benzene rings is 2. The number of anilines is 1. The van der Waals surface area contributed by atoms with E-state index in [0.717, 1.165) is 11.3 Å². The lowest BCUT2D eigenvalue weighted by atomic mass is 9.96. The molecule has 0 fully saturated rings. The molecule has 2 aromatic carbocycles. The van der Waals surface area contributed by atoms with Gasteiger partial charge in [0.05, 0.1) is 11.9 Å². The van der Waals surface area contributed by atoms with Gasteiger partial charge in [-0.25, -0.2) is 0 Å². The third-order valence-corrected chi connectivity index (χ3v) is 3.54. The fourth-order valence-corrected chi connectivity index (χ4v) is 2.46. The molecular formula is C19H18N2. The van der Waals surface area contributed by atoms with Crippen molar-refractivity contribution in [3.63, 3.8) is 0 Å². The van der Waals surface area contributed by atoms with Crippen LogP contribution in [0.1, 0.15) is 24.0 Å². The van der Waals surface area contributed by atoms with Gasteiger partial charge in [-0.15, -0.1) is 0 Å². The van der Waals surface area contributed by atoms with Crippen molar-refractivity contribution >= 4 is 11.9 Å². The summed E-state index contributed by atoms with van der Waals surface area (Å²) in [6.07, 6.45) is 8.56. The fourth-order valence-electron chi connectivity index (χ4n) is 2.46. The topological polar surface area (TPSA) is 24.4 Å². The average Bonchev–Trinajstić information content (AvgIpc) is 2.95. The van der Waals surface area contributed by atoms with Gasteiger partial charge in [-0.1, -0.05) is 66.3 Å². The lowest BCUT2D eigenvalue weighted by molar-refractivity contribution is 1.09. The highest BCUT2D eigenvalue weighted by atomic mass is 15.3. The summed E-state index contributed by atoms with van der Waals surface area (Å²) in [6, 6.07) is 18.3. The second-order valence-corrected chi connectivity index (χ2v) is 5.16. The van der Waals surface area contributed by atoms with Gasteiger partial charge in [0, 0.05) is 5.92 Å². The lowest BCUT2D eigenvalue weighted by Gasteiger charge is -2.09. The van der Waals surface area contributed by atoms with Crippen molar-refractivity contribution in [2.45, 2.75) is 12.8 Å². The van der Waals surface area contributed by atoms with E-state index in [1.54, 1.807) is 0 Å². The molecular weight excluding hydrogens is 256 g/mol. The molecule has 2 nitrogen and oxygen atoms in total. The molecule has 0 amide bonds. The molecule has 0 saturated carbocycles. The molecule has 1 N–H and O–H groups in total. The van der Waals surface area contributed by atoms with E-state index in [-0.39, 0.29) is 0 Å². The molecule has 0 saturated heterocycles. The van der Waals surface area contributed by atoms with Crippen molar-refractivity contribution in [2.24, 2.45) is 5.10 Å². The number of para-hydroxylation sites is 1.